The lowest BCUT2D eigenvalue weighted by atomic mass is 10.1. The van der Waals surface area contributed by atoms with Gasteiger partial charge >= 0.3 is 13.6 Å². The van der Waals surface area contributed by atoms with Crippen molar-refractivity contribution in [1.82, 2.24) is 0 Å². The Balaban J connectivity index is 2.76. The van der Waals surface area contributed by atoms with Gasteiger partial charge in [0.2, 0.25) is 0 Å². The third-order valence-corrected chi connectivity index (χ3v) is 10.5. The van der Waals surface area contributed by atoms with Crippen molar-refractivity contribution in [3.63, 3.8) is 0 Å². The first-order chi connectivity index (χ1) is 20.4. The minimum atomic E-state index is -4.40. The minimum Gasteiger partial charge on any atom is -0.458 e. The van der Waals surface area contributed by atoms with Gasteiger partial charge in [0.1, 0.15) is 6.61 Å². The van der Waals surface area contributed by atoms with Crippen molar-refractivity contribution >= 4 is 25.3 Å². The Kier molecular flexibility index (Phi) is 23.8. The van der Waals surface area contributed by atoms with E-state index in [0.29, 0.717) is 6.42 Å². The maximum Gasteiger partial charge on any atom is 0.368 e. The van der Waals surface area contributed by atoms with Crippen LogP contribution in [0, 0.1) is 0 Å². The molecule has 0 heterocycles. The number of rotatable bonds is 28. The van der Waals surface area contributed by atoms with Crippen molar-refractivity contribution < 1.29 is 28.3 Å². The van der Waals surface area contributed by atoms with Crippen molar-refractivity contribution in [1.29, 1.82) is 0 Å². The summed E-state index contributed by atoms with van der Waals surface area (Å²) in [6.45, 7) is 8.33. The van der Waals surface area contributed by atoms with Gasteiger partial charge in [0, 0.05) is 5.25 Å². The van der Waals surface area contributed by atoms with Crippen LogP contribution in [0.25, 0.3) is 0 Å². The number of ether oxygens (including phenoxy) is 2. The van der Waals surface area contributed by atoms with Gasteiger partial charge in [-0.1, -0.05) is 141 Å². The quantitative estimate of drug-likeness (QED) is 0.0561. The van der Waals surface area contributed by atoms with Gasteiger partial charge in [-0.3, -0.25) is 4.57 Å². The Morgan fingerprint density at radius 2 is 1.36 bits per heavy atom. The molecule has 8 heteroatoms. The maximum atomic E-state index is 13.2. The van der Waals surface area contributed by atoms with E-state index in [1.807, 2.05) is 55.9 Å². The molecule has 0 aliphatic heterocycles. The minimum absolute atomic E-state index is 0.0102. The average Bonchev–Trinajstić information content (AvgIpc) is 2.99. The van der Waals surface area contributed by atoms with Crippen LogP contribution in [0.2, 0.25) is 0 Å². The smallest absolute Gasteiger partial charge is 0.368 e. The lowest BCUT2D eigenvalue weighted by molar-refractivity contribution is -0.156. The molecule has 1 N–H and O–H groups in total. The second kappa shape index (κ2) is 25.5. The van der Waals surface area contributed by atoms with Crippen molar-refractivity contribution in [3.05, 3.63) is 35.9 Å². The highest BCUT2D eigenvalue weighted by Crippen LogP contribution is 2.49. The van der Waals surface area contributed by atoms with Gasteiger partial charge in [-0.2, -0.15) is 11.8 Å². The zero-order valence-electron chi connectivity index (χ0n) is 27.1. The van der Waals surface area contributed by atoms with Crippen LogP contribution in [0.1, 0.15) is 142 Å². The van der Waals surface area contributed by atoms with E-state index in [1.54, 1.807) is 0 Å². The SMILES string of the molecule is CCCCCCCCCCCSC(CCCCCCCC)C(C)OC(C(=O)OCc1ccccc1)P(=O)(O)OCCC. The van der Waals surface area contributed by atoms with Crippen molar-refractivity contribution in [2.45, 2.75) is 161 Å². The molecule has 4 atom stereocenters. The first kappa shape index (κ1) is 39.2. The van der Waals surface area contributed by atoms with Gasteiger partial charge in [0.15, 0.2) is 0 Å². The normalized spacial score (nSPS) is 15.2. The first-order valence-electron chi connectivity index (χ1n) is 16.8. The molecule has 1 aromatic rings. The Morgan fingerprint density at radius 1 is 0.810 bits per heavy atom. The summed E-state index contributed by atoms with van der Waals surface area (Å²) >= 11 is 1.88. The highest BCUT2D eigenvalue weighted by Gasteiger charge is 2.43. The molecule has 0 bridgehead atoms. The molecule has 0 aliphatic rings. The number of benzene rings is 1. The molecule has 0 amide bonds. The highest BCUT2D eigenvalue weighted by atomic mass is 32.2. The molecule has 4 unspecified atom stereocenters. The molecule has 0 saturated carbocycles. The van der Waals surface area contributed by atoms with Crippen LogP contribution in [0.3, 0.4) is 0 Å². The third kappa shape index (κ3) is 18.7. The predicted molar refractivity (Wildman–Crippen MR) is 178 cm³/mol. The highest BCUT2D eigenvalue weighted by molar-refractivity contribution is 7.99. The number of thioether (sulfide) groups is 1. The fraction of sp³-hybridized carbons (Fsp3) is 0.794. The van der Waals surface area contributed by atoms with Crippen LogP contribution in [0.5, 0.6) is 0 Å². The summed E-state index contributed by atoms with van der Waals surface area (Å²) in [7, 11) is -4.40. The summed E-state index contributed by atoms with van der Waals surface area (Å²) in [4.78, 5) is 23.9. The molecule has 0 aromatic heterocycles. The third-order valence-electron chi connectivity index (χ3n) is 7.49. The van der Waals surface area contributed by atoms with Crippen LogP contribution in [-0.4, -0.2) is 40.4 Å². The van der Waals surface area contributed by atoms with E-state index in [9.17, 15) is 14.3 Å². The summed E-state index contributed by atoms with van der Waals surface area (Å²) in [6.07, 6.45) is 20.0. The second-order valence-electron chi connectivity index (χ2n) is 11.5. The number of esters is 1. The lowest BCUT2D eigenvalue weighted by Crippen LogP contribution is -2.35. The van der Waals surface area contributed by atoms with Crippen molar-refractivity contribution in [3.8, 4) is 0 Å². The Morgan fingerprint density at radius 3 is 1.93 bits per heavy atom. The molecule has 0 fully saturated rings. The molecular formula is C34H61O6PS. The van der Waals surface area contributed by atoms with Crippen LogP contribution >= 0.6 is 19.4 Å². The molecular weight excluding hydrogens is 567 g/mol. The van der Waals surface area contributed by atoms with Gasteiger partial charge < -0.3 is 18.9 Å². The molecule has 1 rings (SSSR count). The van der Waals surface area contributed by atoms with Crippen LogP contribution < -0.4 is 0 Å². The molecule has 0 spiro atoms. The molecule has 244 valence electrons. The van der Waals surface area contributed by atoms with Crippen LogP contribution in [-0.2, 0) is 30.0 Å². The molecule has 6 nitrogen and oxygen atoms in total. The van der Waals surface area contributed by atoms with Gasteiger partial charge in [-0.05, 0) is 37.5 Å². The van der Waals surface area contributed by atoms with Crippen LogP contribution in [0.4, 0.5) is 0 Å². The molecule has 42 heavy (non-hydrogen) atoms. The van der Waals surface area contributed by atoms with Crippen molar-refractivity contribution in [2.75, 3.05) is 12.4 Å². The standard InChI is InChI=1S/C34H61O6PS/c1-5-8-10-12-14-15-16-18-23-28-42-32(26-22-17-13-11-9-6-2)30(4)40-34(41(36,37)39-27-7-3)33(35)38-29-31-24-20-19-21-25-31/h19-21,24-25,30,32,34H,5-18,22-23,26-29H2,1-4H3,(H,36,37). The number of hydrogen-bond donors (Lipinski definition) is 1. The topological polar surface area (TPSA) is 82.1 Å². The van der Waals surface area contributed by atoms with E-state index in [4.69, 9.17) is 14.0 Å². The largest absolute Gasteiger partial charge is 0.458 e. The predicted octanol–water partition coefficient (Wildman–Crippen LogP) is 10.5. The molecule has 0 radical (unpaired) electrons. The first-order valence-corrected chi connectivity index (χ1v) is 19.5. The van der Waals surface area contributed by atoms with Gasteiger partial charge in [0.25, 0.3) is 5.85 Å². The van der Waals surface area contributed by atoms with E-state index < -0.39 is 25.5 Å². The van der Waals surface area contributed by atoms with E-state index in [0.717, 1.165) is 30.6 Å². The fourth-order valence-electron chi connectivity index (χ4n) is 4.87. The zero-order valence-corrected chi connectivity index (χ0v) is 28.8. The fourth-order valence-corrected chi connectivity index (χ4v) is 7.48. The van der Waals surface area contributed by atoms with E-state index in [2.05, 4.69) is 13.8 Å². The summed E-state index contributed by atoms with van der Waals surface area (Å²) in [5.74, 6) is -1.49. The average molecular weight is 629 g/mol. The summed E-state index contributed by atoms with van der Waals surface area (Å²) in [5.41, 5.74) is 0.803. The van der Waals surface area contributed by atoms with Crippen LogP contribution in [0.15, 0.2) is 30.3 Å². The lowest BCUT2D eigenvalue weighted by Gasteiger charge is -2.29. The molecule has 0 saturated heterocycles. The van der Waals surface area contributed by atoms with Gasteiger partial charge in [-0.25, -0.2) is 4.79 Å². The summed E-state index contributed by atoms with van der Waals surface area (Å²) in [5, 5.41) is 0.126. The van der Waals surface area contributed by atoms with Gasteiger partial charge in [0.05, 0.1) is 12.7 Å². The summed E-state index contributed by atoms with van der Waals surface area (Å²) < 4.78 is 30.1. The number of unbranched alkanes of at least 4 members (excludes halogenated alkanes) is 13. The van der Waals surface area contributed by atoms with Gasteiger partial charge in [-0.15, -0.1) is 0 Å². The molecule has 0 aliphatic carbocycles. The van der Waals surface area contributed by atoms with E-state index in [1.165, 1.54) is 83.5 Å². The zero-order chi connectivity index (χ0) is 30.9. The Hall–Kier alpha value is -0.850. The Bertz CT molecular complexity index is 824. The number of hydrogen-bond acceptors (Lipinski definition) is 6. The maximum absolute atomic E-state index is 13.2. The van der Waals surface area contributed by atoms with E-state index in [-0.39, 0.29) is 18.5 Å². The van der Waals surface area contributed by atoms with E-state index >= 15 is 0 Å². The number of carbonyl (C=O) groups excluding carboxylic acids is 1. The Labute approximate surface area is 262 Å². The monoisotopic (exact) mass is 628 g/mol. The van der Waals surface area contributed by atoms with Crippen molar-refractivity contribution in [2.24, 2.45) is 0 Å². The number of carbonyl (C=O) groups is 1. The second-order valence-corrected chi connectivity index (χ2v) is 14.7. The summed E-state index contributed by atoms with van der Waals surface area (Å²) in [6, 6.07) is 9.29. The molecule has 1 aromatic carbocycles.